The summed E-state index contributed by atoms with van der Waals surface area (Å²) in [6.45, 7) is 13.8. The first-order valence-electron chi connectivity index (χ1n) is 29.0. The van der Waals surface area contributed by atoms with Crippen LogP contribution in [0.2, 0.25) is 0 Å². The van der Waals surface area contributed by atoms with E-state index in [9.17, 15) is 39.6 Å². The van der Waals surface area contributed by atoms with Crippen molar-refractivity contribution in [3.8, 4) is 66.9 Å². The summed E-state index contributed by atoms with van der Waals surface area (Å²) >= 11 is -4.27. The summed E-state index contributed by atoms with van der Waals surface area (Å²) in [4.78, 5) is 12.7. The molecule has 0 unspecified atom stereocenters. The molecule has 94 heavy (non-hydrogen) atoms. The maximum absolute atomic E-state index is 13.8. The number of carbonyl (C=O) groups is 1. The van der Waals surface area contributed by atoms with Crippen molar-refractivity contribution in [1.29, 1.82) is 0 Å². The van der Waals surface area contributed by atoms with Crippen LogP contribution in [0.3, 0.4) is 0 Å². The zero-order chi connectivity index (χ0) is 67.0. The number of hydrogen-bond donors (Lipinski definition) is 0. The van der Waals surface area contributed by atoms with E-state index in [-0.39, 0.29) is 27.2 Å². The van der Waals surface area contributed by atoms with Crippen LogP contribution in [0.1, 0.15) is 38.8 Å². The van der Waals surface area contributed by atoms with Gasteiger partial charge in [-0.25, -0.2) is 0 Å². The molecule has 0 fully saturated rings. The van der Waals surface area contributed by atoms with Gasteiger partial charge in [-0.05, 0) is 27.7 Å². The number of ether oxygens (including phenoxy) is 10. The summed E-state index contributed by atoms with van der Waals surface area (Å²) in [6, 6.07) is 52.3. The zero-order valence-corrected chi connectivity index (χ0v) is 58.2. The van der Waals surface area contributed by atoms with Crippen LogP contribution in [0.4, 0.5) is 26.3 Å². The fraction of sp³-hybridized carbons (Fsp3) is 0.232. The van der Waals surface area contributed by atoms with Crippen LogP contribution >= 0.6 is 62.7 Å². The van der Waals surface area contributed by atoms with Crippen LogP contribution in [0.15, 0.2) is 182 Å². The van der Waals surface area contributed by atoms with E-state index in [0.717, 1.165) is 48.0 Å². The normalized spacial score (nSPS) is 12.0. The molecule has 0 bridgehead atoms. The summed E-state index contributed by atoms with van der Waals surface area (Å²) < 4.78 is 169. The van der Waals surface area contributed by atoms with Crippen molar-refractivity contribution in [3.63, 3.8) is 0 Å². The molecule has 25 heteroatoms. The molecule has 10 rings (SSSR count). The molecule has 498 valence electrons. The summed E-state index contributed by atoms with van der Waals surface area (Å²) in [6.07, 6.45) is -4.93. The minimum absolute atomic E-state index is 0.0987. The number of carbonyl (C=O) groups excluding carboxylic acids is 1. The van der Waals surface area contributed by atoms with Gasteiger partial charge in [0.2, 0.25) is 0 Å². The van der Waals surface area contributed by atoms with Crippen molar-refractivity contribution in [2.75, 3.05) is 53.6 Å². The average molecular weight is 1580 g/mol. The third-order valence-electron chi connectivity index (χ3n) is 13.3. The van der Waals surface area contributed by atoms with E-state index in [2.05, 4.69) is 0 Å². The van der Waals surface area contributed by atoms with Gasteiger partial charge in [-0.2, -0.15) is 0 Å². The van der Waals surface area contributed by atoms with Crippen molar-refractivity contribution in [1.82, 2.24) is 0 Å². The SMILES string of the molecule is CCOCOc1ccc(Oc2sc3cc(OCOCC)ccc3c2-c2ccc(I(C(=O)C(F)(F)F)c3ccc(C)cc3)cc2)cc1.CCOCOc1ccc(Oc2sc3cc(OCOCC)ccc3c2-c2ccc(I(OS(=O)(=O)C(F)(F)F)c3ccc(C)cc3)cc2)cc1. The topological polar surface area (TPSA) is 153 Å². The van der Waals surface area contributed by atoms with Gasteiger partial charge in [0.15, 0.2) is 13.6 Å². The Morgan fingerprint density at radius 2 is 0.745 bits per heavy atom. The Bertz CT molecular complexity index is 4210. The van der Waals surface area contributed by atoms with Crippen molar-refractivity contribution < 1.29 is 89.4 Å². The van der Waals surface area contributed by atoms with E-state index in [1.54, 1.807) is 146 Å². The predicted molar refractivity (Wildman–Crippen MR) is 368 cm³/mol. The van der Waals surface area contributed by atoms with E-state index in [1.165, 1.54) is 22.7 Å². The molecule has 0 N–H and O–H groups in total. The number of alkyl halides is 6. The molecule has 0 aliphatic carbocycles. The first-order chi connectivity index (χ1) is 45.2. The molecule has 0 amide bonds. The van der Waals surface area contributed by atoms with Gasteiger partial charge in [-0.15, -0.1) is 0 Å². The zero-order valence-electron chi connectivity index (χ0n) is 51.4. The molecule has 8 aromatic carbocycles. The summed E-state index contributed by atoms with van der Waals surface area (Å²) in [5.41, 5.74) is -0.799. The standard InChI is InChI=1S/C35H32F3IO6S.C34H32F3IO8S2/c1-4-41-21-43-27-14-16-28(17-15-27)45-33-32(30-19-18-29(20-31(30)46-33)44-22-42-5-2)24-8-12-26(13-9-24)39(34(40)35(36,37)38)25-10-6-23(3)7-11-25;1-4-41-21-43-27-14-16-28(17-15-27)45-33-32(30-19-18-29(20-31(30)47-33)44-22-42-5-2)24-8-12-26(13-9-24)38(25-10-6-23(3)7-11-25)46-48(39,40)34(35,36)37/h6-20H,4-5,21-22H2,1-3H3;6-20H,4-5,21-22H2,1-3H3. The van der Waals surface area contributed by atoms with Crippen molar-refractivity contribution in [3.05, 3.63) is 207 Å². The Morgan fingerprint density at radius 1 is 0.426 bits per heavy atom. The Kier molecular flexibility index (Phi) is 25.1. The van der Waals surface area contributed by atoms with E-state index in [0.29, 0.717) is 90.9 Å². The third kappa shape index (κ3) is 18.7. The monoisotopic (exact) mass is 1580 g/mol. The van der Waals surface area contributed by atoms with Crippen molar-refractivity contribution >= 4 is 96.8 Å². The van der Waals surface area contributed by atoms with E-state index in [1.807, 2.05) is 77.9 Å². The predicted octanol–water partition coefficient (Wildman–Crippen LogP) is 19.8. The molecule has 14 nitrogen and oxygen atoms in total. The van der Waals surface area contributed by atoms with Crippen LogP contribution in [-0.2, 0) is 36.4 Å². The van der Waals surface area contributed by atoms with Gasteiger partial charge in [0, 0.05) is 26.4 Å². The molecular weight excluding hydrogens is 1520 g/mol. The number of halogens is 8. The van der Waals surface area contributed by atoms with Crippen molar-refractivity contribution in [2.24, 2.45) is 0 Å². The molecule has 0 saturated carbocycles. The molecular formula is C69H64F6I2O14S3. The van der Waals surface area contributed by atoms with Crippen LogP contribution in [0, 0.1) is 28.1 Å². The van der Waals surface area contributed by atoms with E-state index in [4.69, 9.17) is 49.9 Å². The second-order valence-electron chi connectivity index (χ2n) is 19.9. The van der Waals surface area contributed by atoms with Gasteiger partial charge in [-0.3, -0.25) is 0 Å². The molecule has 0 saturated heterocycles. The van der Waals surface area contributed by atoms with Crippen LogP contribution in [0.25, 0.3) is 42.4 Å². The van der Waals surface area contributed by atoms with Crippen LogP contribution < -0.4 is 28.4 Å². The first-order valence-corrected chi connectivity index (χ1v) is 38.4. The summed E-state index contributed by atoms with van der Waals surface area (Å²) in [7, 11) is -5.83. The second kappa shape index (κ2) is 33.1. The minimum atomic E-state index is -5.83. The maximum atomic E-state index is 13.8. The van der Waals surface area contributed by atoms with Gasteiger partial charge >= 0.3 is 490 Å². The molecule has 0 aliphatic rings. The van der Waals surface area contributed by atoms with E-state index >= 15 is 0 Å². The van der Waals surface area contributed by atoms with Gasteiger partial charge in [-0.1, -0.05) is 0 Å². The number of fused-ring (bicyclic) bond motifs is 2. The molecule has 10 aromatic rings. The Hall–Kier alpha value is -7.06. The fourth-order valence-electron chi connectivity index (χ4n) is 8.70. The van der Waals surface area contributed by atoms with Gasteiger partial charge in [0.25, 0.3) is 0 Å². The van der Waals surface area contributed by atoms with E-state index < -0.39 is 65.6 Å². The van der Waals surface area contributed by atoms with Crippen molar-refractivity contribution in [2.45, 2.75) is 53.2 Å². The second-order valence-corrected chi connectivity index (χ2v) is 33.5. The summed E-state index contributed by atoms with van der Waals surface area (Å²) in [5, 5.41) is 2.89. The number of thiophene rings is 2. The molecule has 0 atom stereocenters. The van der Waals surface area contributed by atoms with Crippen LogP contribution in [0.5, 0.6) is 44.6 Å². The third-order valence-corrected chi connectivity index (χ3v) is 28.0. The molecule has 0 aliphatic heterocycles. The van der Waals surface area contributed by atoms with Gasteiger partial charge in [0.1, 0.15) is 0 Å². The number of aryl methyl sites for hydroxylation is 2. The quantitative estimate of drug-likeness (QED) is 0.0109. The molecule has 0 radical (unpaired) electrons. The first kappa shape index (κ1) is 71.2. The Labute approximate surface area is 562 Å². The molecule has 2 heterocycles. The average Bonchev–Trinajstić information content (AvgIpc) is 1.61. The Morgan fingerprint density at radius 3 is 1.10 bits per heavy atom. The number of rotatable bonds is 29. The van der Waals surface area contributed by atoms with Gasteiger partial charge < -0.3 is 9.47 Å². The number of benzene rings is 8. The number of hydrogen-bond acceptors (Lipinski definition) is 16. The Balaban J connectivity index is 0.000000222. The summed E-state index contributed by atoms with van der Waals surface area (Å²) in [5.74, 6) is 3.60. The van der Waals surface area contributed by atoms with Crippen LogP contribution in [-0.4, -0.2) is 77.5 Å². The molecule has 0 spiro atoms. The fourth-order valence-corrected chi connectivity index (χ4v) is 22.0. The van der Waals surface area contributed by atoms with Gasteiger partial charge in [0.05, 0.1) is 0 Å². The molecule has 2 aromatic heterocycles.